The Kier molecular flexibility index (Phi) is 3.25. The summed E-state index contributed by atoms with van der Waals surface area (Å²) in [6.07, 6.45) is 3.54. The van der Waals surface area contributed by atoms with E-state index in [-0.39, 0.29) is 12.8 Å². The lowest BCUT2D eigenvalue weighted by Crippen LogP contribution is -2.02. The molecule has 1 unspecified atom stereocenters. The molecule has 0 aliphatic heterocycles. The SMILES string of the molecule is [C-]#[N+]c1c(-c2ccc3ncccc3c2)ccn2c(CC3CC3(F)F)nnc12. The number of pyridine rings is 2. The summed E-state index contributed by atoms with van der Waals surface area (Å²) in [4.78, 5) is 7.96. The minimum Gasteiger partial charge on any atom is -0.295 e. The minimum absolute atomic E-state index is 0.110. The second-order valence-electron chi connectivity index (χ2n) is 6.78. The molecular weight excluding hydrogens is 348 g/mol. The van der Waals surface area contributed by atoms with Crippen molar-refractivity contribution in [3.8, 4) is 11.1 Å². The fourth-order valence-corrected chi connectivity index (χ4v) is 3.43. The van der Waals surface area contributed by atoms with Gasteiger partial charge in [0, 0.05) is 36.5 Å². The molecule has 0 spiro atoms. The maximum atomic E-state index is 13.2. The zero-order valence-corrected chi connectivity index (χ0v) is 14.1. The summed E-state index contributed by atoms with van der Waals surface area (Å²) in [7, 11) is 0. The number of alkyl halides is 2. The van der Waals surface area contributed by atoms with Gasteiger partial charge in [0.15, 0.2) is 5.65 Å². The molecule has 4 aromatic rings. The second kappa shape index (κ2) is 5.55. The summed E-state index contributed by atoms with van der Waals surface area (Å²) in [5.74, 6) is -2.83. The summed E-state index contributed by atoms with van der Waals surface area (Å²) < 4.78 is 28.1. The molecule has 1 fully saturated rings. The molecule has 0 bridgehead atoms. The molecule has 3 aromatic heterocycles. The van der Waals surface area contributed by atoms with Crippen LogP contribution in [0.1, 0.15) is 12.2 Å². The molecule has 5 rings (SSSR count). The third kappa shape index (κ3) is 2.53. The smallest absolute Gasteiger partial charge is 0.252 e. The lowest BCUT2D eigenvalue weighted by Gasteiger charge is -2.08. The van der Waals surface area contributed by atoms with Crippen LogP contribution in [-0.4, -0.2) is 25.5 Å². The molecule has 0 N–H and O–H groups in total. The first kappa shape index (κ1) is 15.8. The normalized spacial score (nSPS) is 17.9. The van der Waals surface area contributed by atoms with Crippen LogP contribution in [-0.2, 0) is 6.42 Å². The van der Waals surface area contributed by atoms with E-state index in [1.807, 2.05) is 36.4 Å². The largest absolute Gasteiger partial charge is 0.295 e. The number of benzene rings is 1. The Hall–Kier alpha value is -3.40. The molecule has 1 atom stereocenters. The summed E-state index contributed by atoms with van der Waals surface area (Å²) in [6, 6.07) is 11.4. The fourth-order valence-electron chi connectivity index (χ4n) is 3.43. The van der Waals surface area contributed by atoms with E-state index in [4.69, 9.17) is 6.57 Å². The van der Waals surface area contributed by atoms with Gasteiger partial charge in [-0.1, -0.05) is 12.1 Å². The molecule has 5 nitrogen and oxygen atoms in total. The lowest BCUT2D eigenvalue weighted by atomic mass is 10.0. The van der Waals surface area contributed by atoms with Crippen LogP contribution in [0.2, 0.25) is 0 Å². The topological polar surface area (TPSA) is 47.4 Å². The Morgan fingerprint density at radius 3 is 2.85 bits per heavy atom. The number of hydrogen-bond acceptors (Lipinski definition) is 3. The average molecular weight is 361 g/mol. The van der Waals surface area contributed by atoms with Crippen molar-refractivity contribution in [2.75, 3.05) is 0 Å². The van der Waals surface area contributed by atoms with Crippen molar-refractivity contribution in [1.29, 1.82) is 0 Å². The summed E-state index contributed by atoms with van der Waals surface area (Å²) in [5.41, 5.74) is 3.25. The van der Waals surface area contributed by atoms with Gasteiger partial charge < -0.3 is 0 Å². The Morgan fingerprint density at radius 1 is 1.22 bits per heavy atom. The highest BCUT2D eigenvalue weighted by Crippen LogP contribution is 2.50. The van der Waals surface area contributed by atoms with E-state index in [1.54, 1.807) is 16.8 Å². The Bertz CT molecular complexity index is 1240. The maximum Gasteiger partial charge on any atom is 0.252 e. The van der Waals surface area contributed by atoms with Gasteiger partial charge in [-0.15, -0.1) is 10.2 Å². The first-order valence-corrected chi connectivity index (χ1v) is 8.54. The first-order valence-electron chi connectivity index (χ1n) is 8.54. The quantitative estimate of drug-likeness (QED) is 0.497. The third-order valence-corrected chi connectivity index (χ3v) is 5.03. The van der Waals surface area contributed by atoms with E-state index in [0.29, 0.717) is 17.2 Å². The van der Waals surface area contributed by atoms with Gasteiger partial charge >= 0.3 is 0 Å². The third-order valence-electron chi connectivity index (χ3n) is 5.03. The van der Waals surface area contributed by atoms with Crippen molar-refractivity contribution in [3.05, 3.63) is 66.0 Å². The van der Waals surface area contributed by atoms with Crippen molar-refractivity contribution in [2.24, 2.45) is 5.92 Å². The average Bonchev–Trinajstić information content (AvgIpc) is 3.09. The molecule has 0 amide bonds. The summed E-state index contributed by atoms with van der Waals surface area (Å²) in [5, 5.41) is 9.14. The number of fused-ring (bicyclic) bond motifs is 2. The van der Waals surface area contributed by atoms with Crippen LogP contribution < -0.4 is 0 Å². The van der Waals surface area contributed by atoms with E-state index in [1.165, 1.54) is 0 Å². The number of hydrogen-bond donors (Lipinski definition) is 0. The van der Waals surface area contributed by atoms with Crippen LogP contribution in [0, 0.1) is 12.5 Å². The van der Waals surface area contributed by atoms with Gasteiger partial charge in [0.25, 0.3) is 5.92 Å². The zero-order chi connectivity index (χ0) is 18.6. The summed E-state index contributed by atoms with van der Waals surface area (Å²) in [6.45, 7) is 7.62. The Morgan fingerprint density at radius 2 is 2.07 bits per heavy atom. The minimum atomic E-state index is -2.60. The van der Waals surface area contributed by atoms with Crippen LogP contribution in [0.15, 0.2) is 48.8 Å². The van der Waals surface area contributed by atoms with Crippen molar-refractivity contribution >= 4 is 22.2 Å². The molecule has 1 aliphatic rings. The van der Waals surface area contributed by atoms with E-state index in [2.05, 4.69) is 20.0 Å². The van der Waals surface area contributed by atoms with Gasteiger partial charge in [-0.05, 0) is 35.4 Å². The highest BCUT2D eigenvalue weighted by Gasteiger charge is 2.56. The fraction of sp³-hybridized carbons (Fsp3) is 0.200. The van der Waals surface area contributed by atoms with Gasteiger partial charge in [0.05, 0.1) is 12.1 Å². The van der Waals surface area contributed by atoms with Gasteiger partial charge in [-0.3, -0.25) is 9.38 Å². The molecule has 3 heterocycles. The monoisotopic (exact) mass is 361 g/mol. The van der Waals surface area contributed by atoms with Crippen molar-refractivity contribution in [1.82, 2.24) is 19.6 Å². The first-order chi connectivity index (χ1) is 13.1. The molecular formula is C20H13F2N5. The number of halogens is 2. The molecule has 27 heavy (non-hydrogen) atoms. The molecule has 132 valence electrons. The number of rotatable bonds is 3. The highest BCUT2D eigenvalue weighted by molar-refractivity contribution is 5.92. The standard InChI is InChI=1S/C20H13F2N5/c1-23-18-15(12-4-5-16-13(9-12)3-2-7-24-16)6-8-27-17(25-26-19(18)27)10-14-11-20(14,21)22/h2-9,14H,10-11H2. The van der Waals surface area contributed by atoms with E-state index >= 15 is 0 Å². The maximum absolute atomic E-state index is 13.2. The zero-order valence-electron chi connectivity index (χ0n) is 14.1. The van der Waals surface area contributed by atoms with Crippen molar-refractivity contribution in [3.63, 3.8) is 0 Å². The summed E-state index contributed by atoms with van der Waals surface area (Å²) >= 11 is 0. The highest BCUT2D eigenvalue weighted by atomic mass is 19.3. The molecule has 1 saturated carbocycles. The van der Waals surface area contributed by atoms with Crippen LogP contribution >= 0.6 is 0 Å². The molecule has 0 radical (unpaired) electrons. The number of nitrogens with zero attached hydrogens (tertiary/aromatic N) is 5. The van der Waals surface area contributed by atoms with Crippen LogP contribution in [0.25, 0.3) is 32.5 Å². The number of aromatic nitrogens is 4. The van der Waals surface area contributed by atoms with Gasteiger partial charge in [0.1, 0.15) is 5.82 Å². The second-order valence-corrected chi connectivity index (χ2v) is 6.78. The molecule has 0 saturated heterocycles. The van der Waals surface area contributed by atoms with Crippen LogP contribution in [0.4, 0.5) is 14.5 Å². The van der Waals surface area contributed by atoms with Gasteiger partial charge in [0.2, 0.25) is 5.69 Å². The predicted octanol–water partition coefficient (Wildman–Crippen LogP) is 4.69. The van der Waals surface area contributed by atoms with E-state index in [0.717, 1.165) is 22.0 Å². The molecule has 7 heteroatoms. The van der Waals surface area contributed by atoms with Gasteiger partial charge in [-0.2, -0.15) is 0 Å². The van der Waals surface area contributed by atoms with Crippen molar-refractivity contribution in [2.45, 2.75) is 18.8 Å². The van der Waals surface area contributed by atoms with Crippen molar-refractivity contribution < 1.29 is 8.78 Å². The van der Waals surface area contributed by atoms with E-state index < -0.39 is 11.8 Å². The van der Waals surface area contributed by atoms with E-state index in [9.17, 15) is 8.78 Å². The Labute approximate surface area is 153 Å². The van der Waals surface area contributed by atoms with Gasteiger partial charge in [-0.25, -0.2) is 13.6 Å². The molecule has 1 aliphatic carbocycles. The van der Waals surface area contributed by atoms with Crippen LogP contribution in [0.5, 0.6) is 0 Å². The molecule has 1 aromatic carbocycles. The van der Waals surface area contributed by atoms with Crippen LogP contribution in [0.3, 0.4) is 0 Å². The Balaban J connectivity index is 1.61. The predicted molar refractivity (Wildman–Crippen MR) is 96.7 cm³/mol. The lowest BCUT2D eigenvalue weighted by molar-refractivity contribution is 0.0984.